The van der Waals surface area contributed by atoms with Gasteiger partial charge in [0.05, 0.1) is 12.2 Å². The molecule has 1 aromatic carbocycles. The fourth-order valence-electron chi connectivity index (χ4n) is 2.77. The predicted octanol–water partition coefficient (Wildman–Crippen LogP) is 2.85. The Bertz CT molecular complexity index is 1040. The maximum Gasteiger partial charge on any atom is 0.349 e. The highest BCUT2D eigenvalue weighted by Crippen LogP contribution is 2.29. The fraction of sp³-hybridized carbons (Fsp3) is 0.300. The van der Waals surface area contributed by atoms with E-state index in [9.17, 15) is 14.4 Å². The Balaban J connectivity index is 1.73. The van der Waals surface area contributed by atoms with Gasteiger partial charge in [-0.15, -0.1) is 11.3 Å². The average molecular weight is 414 g/mol. The third-order valence-electron chi connectivity index (χ3n) is 4.21. The highest BCUT2D eigenvalue weighted by atomic mass is 32.1. The molecule has 2 heterocycles. The molecule has 0 spiro atoms. The number of aromatic nitrogens is 2. The fourth-order valence-corrected chi connectivity index (χ4v) is 3.81. The van der Waals surface area contributed by atoms with Crippen LogP contribution >= 0.6 is 11.3 Å². The molecule has 0 saturated carbocycles. The molecule has 2 aromatic heterocycles. The van der Waals surface area contributed by atoms with E-state index in [1.165, 1.54) is 18.3 Å². The predicted molar refractivity (Wildman–Crippen MR) is 110 cm³/mol. The number of thiophene rings is 1. The number of nitrogens with zero attached hydrogens (tertiary/aromatic N) is 2. The molecule has 9 heteroatoms. The van der Waals surface area contributed by atoms with E-state index in [0.717, 1.165) is 21.5 Å². The molecule has 0 radical (unpaired) electrons. The van der Waals surface area contributed by atoms with Gasteiger partial charge in [-0.3, -0.25) is 14.8 Å². The lowest BCUT2D eigenvalue weighted by Gasteiger charge is -2.12. The van der Waals surface area contributed by atoms with Crippen LogP contribution in [0, 0.1) is 6.92 Å². The van der Waals surface area contributed by atoms with Gasteiger partial charge in [-0.25, -0.2) is 9.59 Å². The van der Waals surface area contributed by atoms with Gasteiger partial charge < -0.3 is 10.1 Å². The van der Waals surface area contributed by atoms with Crippen molar-refractivity contribution in [1.29, 1.82) is 0 Å². The highest BCUT2D eigenvalue weighted by molar-refractivity contribution is 7.20. The van der Waals surface area contributed by atoms with Crippen LogP contribution in [-0.2, 0) is 16.1 Å². The van der Waals surface area contributed by atoms with Crippen molar-refractivity contribution < 1.29 is 19.1 Å². The molecular weight excluding hydrogens is 392 g/mol. The molecule has 0 bridgehead atoms. The molecule has 3 aromatic rings. The van der Waals surface area contributed by atoms with Crippen molar-refractivity contribution in [2.45, 2.75) is 33.4 Å². The van der Waals surface area contributed by atoms with Gasteiger partial charge in [0.2, 0.25) is 0 Å². The molecule has 3 amide bonds. The van der Waals surface area contributed by atoms with E-state index < -0.39 is 24.0 Å². The minimum atomic E-state index is -1.10. The van der Waals surface area contributed by atoms with E-state index in [2.05, 4.69) is 15.7 Å². The van der Waals surface area contributed by atoms with Gasteiger partial charge in [0.15, 0.2) is 6.10 Å². The van der Waals surface area contributed by atoms with Gasteiger partial charge in [0, 0.05) is 11.9 Å². The first kappa shape index (κ1) is 20.5. The average Bonchev–Trinajstić information content (AvgIpc) is 3.24. The second-order valence-corrected chi connectivity index (χ2v) is 7.49. The molecule has 0 aliphatic heterocycles. The summed E-state index contributed by atoms with van der Waals surface area (Å²) in [5, 5.41) is 10.00. The van der Waals surface area contributed by atoms with Gasteiger partial charge in [0.1, 0.15) is 9.71 Å². The lowest BCUT2D eigenvalue weighted by molar-refractivity contribution is -0.127. The number of esters is 1. The second kappa shape index (κ2) is 8.87. The number of carbonyl (C=O) groups is 3. The number of amides is 3. The maximum atomic E-state index is 12.5. The number of imide groups is 1. The summed E-state index contributed by atoms with van der Waals surface area (Å²) >= 11 is 1.26. The Kier molecular flexibility index (Phi) is 6.28. The Hall–Kier alpha value is -3.20. The van der Waals surface area contributed by atoms with Crippen LogP contribution in [0.4, 0.5) is 4.79 Å². The molecule has 0 aliphatic carbocycles. The largest absolute Gasteiger partial charge is 0.448 e. The number of aryl methyl sites for hydroxylation is 1. The number of urea groups is 1. The van der Waals surface area contributed by atoms with Crippen LogP contribution in [0.1, 0.15) is 34.8 Å². The van der Waals surface area contributed by atoms with E-state index in [0.29, 0.717) is 18.0 Å². The lowest BCUT2D eigenvalue weighted by atomic mass is 10.2. The summed E-state index contributed by atoms with van der Waals surface area (Å²) in [7, 11) is 0. The summed E-state index contributed by atoms with van der Waals surface area (Å²) in [5.74, 6) is -1.30. The van der Waals surface area contributed by atoms with E-state index in [1.54, 1.807) is 13.0 Å². The van der Waals surface area contributed by atoms with Crippen LogP contribution in [-0.4, -0.2) is 40.3 Å². The van der Waals surface area contributed by atoms with Gasteiger partial charge in [0.25, 0.3) is 5.91 Å². The summed E-state index contributed by atoms with van der Waals surface area (Å²) in [5.41, 5.74) is 1.92. The van der Waals surface area contributed by atoms with Gasteiger partial charge in [-0.2, -0.15) is 5.10 Å². The number of benzene rings is 1. The first-order valence-corrected chi connectivity index (χ1v) is 10.0. The molecule has 8 nitrogen and oxygen atoms in total. The molecule has 3 rings (SSSR count). The summed E-state index contributed by atoms with van der Waals surface area (Å²) < 4.78 is 7.08. The third-order valence-corrected chi connectivity index (χ3v) is 5.34. The number of hydrogen-bond donors (Lipinski definition) is 2. The second-order valence-electron chi connectivity index (χ2n) is 6.45. The number of carbonyl (C=O) groups excluding carboxylic acids is 3. The topological polar surface area (TPSA) is 102 Å². The maximum absolute atomic E-state index is 12.5. The van der Waals surface area contributed by atoms with Crippen molar-refractivity contribution in [1.82, 2.24) is 20.4 Å². The molecule has 2 N–H and O–H groups in total. The van der Waals surface area contributed by atoms with Crippen LogP contribution in [0.5, 0.6) is 0 Å². The number of hydrogen-bond acceptors (Lipinski definition) is 6. The number of rotatable bonds is 6. The smallest absolute Gasteiger partial charge is 0.349 e. The first-order chi connectivity index (χ1) is 13.9. The van der Waals surface area contributed by atoms with E-state index in [4.69, 9.17) is 4.74 Å². The van der Waals surface area contributed by atoms with Crippen molar-refractivity contribution in [2.75, 3.05) is 6.54 Å². The highest BCUT2D eigenvalue weighted by Gasteiger charge is 2.23. The normalized spacial score (nSPS) is 11.8. The Labute approximate surface area is 171 Å². The van der Waals surface area contributed by atoms with Crippen molar-refractivity contribution in [3.05, 3.63) is 52.5 Å². The lowest BCUT2D eigenvalue weighted by Crippen LogP contribution is -2.44. The molecule has 0 unspecified atom stereocenters. The third kappa shape index (κ3) is 4.80. The Morgan fingerprint density at radius 2 is 1.97 bits per heavy atom. The number of fused-ring (bicyclic) bond motifs is 1. The minimum Gasteiger partial charge on any atom is -0.448 e. The van der Waals surface area contributed by atoms with E-state index in [1.807, 2.05) is 41.9 Å². The van der Waals surface area contributed by atoms with Crippen molar-refractivity contribution >= 4 is 39.5 Å². The monoisotopic (exact) mass is 414 g/mol. The molecule has 152 valence electrons. The summed E-state index contributed by atoms with van der Waals surface area (Å²) in [6, 6.07) is 11.0. The standard InChI is InChI=1S/C20H22N4O4S/c1-4-21-20(27)22-17(25)13(3)28-19(26)16-10-15-12(2)23-24(18(15)29-16)11-14-8-6-5-7-9-14/h5-10,13H,4,11H2,1-3H3,(H2,21,22,25,27)/t13-/m0/s1. The number of nitrogens with one attached hydrogen (secondary N) is 2. The first-order valence-electron chi connectivity index (χ1n) is 9.19. The summed E-state index contributed by atoms with van der Waals surface area (Å²) in [6.07, 6.45) is -1.10. The van der Waals surface area contributed by atoms with E-state index >= 15 is 0 Å². The molecule has 0 saturated heterocycles. The zero-order valence-electron chi connectivity index (χ0n) is 16.4. The van der Waals surface area contributed by atoms with Gasteiger partial charge in [-0.05, 0) is 32.4 Å². The van der Waals surface area contributed by atoms with Crippen LogP contribution in [0.15, 0.2) is 36.4 Å². The minimum absolute atomic E-state index is 0.375. The zero-order valence-corrected chi connectivity index (χ0v) is 17.2. The van der Waals surface area contributed by atoms with Crippen molar-refractivity contribution in [3.63, 3.8) is 0 Å². The van der Waals surface area contributed by atoms with Crippen molar-refractivity contribution in [2.24, 2.45) is 0 Å². The zero-order chi connectivity index (χ0) is 21.0. The molecule has 0 aliphatic rings. The Morgan fingerprint density at radius 3 is 2.66 bits per heavy atom. The summed E-state index contributed by atoms with van der Waals surface area (Å²) in [6.45, 7) is 6.01. The van der Waals surface area contributed by atoms with Crippen LogP contribution < -0.4 is 10.6 Å². The quantitative estimate of drug-likeness (QED) is 0.604. The van der Waals surface area contributed by atoms with Gasteiger partial charge in [-0.1, -0.05) is 30.3 Å². The SMILES string of the molecule is CCNC(=O)NC(=O)[C@H](C)OC(=O)c1cc2c(C)nn(Cc3ccccc3)c2s1. The van der Waals surface area contributed by atoms with Gasteiger partial charge >= 0.3 is 12.0 Å². The van der Waals surface area contributed by atoms with Crippen LogP contribution in [0.2, 0.25) is 0 Å². The molecular formula is C20H22N4O4S. The summed E-state index contributed by atoms with van der Waals surface area (Å²) in [4.78, 5) is 37.1. The Morgan fingerprint density at radius 1 is 1.24 bits per heavy atom. The van der Waals surface area contributed by atoms with Crippen LogP contribution in [0.3, 0.4) is 0 Å². The van der Waals surface area contributed by atoms with E-state index in [-0.39, 0.29) is 0 Å². The molecule has 0 fully saturated rings. The number of ether oxygens (including phenoxy) is 1. The van der Waals surface area contributed by atoms with Crippen molar-refractivity contribution in [3.8, 4) is 0 Å². The van der Waals surface area contributed by atoms with Crippen LogP contribution in [0.25, 0.3) is 10.2 Å². The molecule has 29 heavy (non-hydrogen) atoms. The molecule has 1 atom stereocenters.